The summed E-state index contributed by atoms with van der Waals surface area (Å²) in [7, 11) is 0. The number of aryl methyl sites for hydroxylation is 1. The molecule has 2 saturated heterocycles. The van der Waals surface area contributed by atoms with Crippen molar-refractivity contribution in [1.29, 1.82) is 0 Å². The van der Waals surface area contributed by atoms with E-state index in [0.29, 0.717) is 55.9 Å². The predicted molar refractivity (Wildman–Crippen MR) is 148 cm³/mol. The van der Waals surface area contributed by atoms with Crippen LogP contribution in [-0.4, -0.2) is 69.2 Å². The van der Waals surface area contributed by atoms with Crippen LogP contribution in [0.25, 0.3) is 11.4 Å². The Morgan fingerprint density at radius 1 is 1.10 bits per heavy atom. The third kappa shape index (κ3) is 5.98. The van der Waals surface area contributed by atoms with Crippen LogP contribution in [0.2, 0.25) is 0 Å². The van der Waals surface area contributed by atoms with E-state index in [0.717, 1.165) is 55.5 Å². The first-order chi connectivity index (χ1) is 19.9. The molecule has 3 fully saturated rings. The standard InChI is InChI=1S/C31H35FN4O5/c1-19-5-2-3-6-22(19)29-33-28(41-34-29)17-35-13-10-20(11-14-35)18-40-27-16-25(32)24(15-23(27)21-8-9-21)30(37)36-12-4-7-26(36)31(38)39/h2-3,5-6,15-16,20-21,26H,4,7-14,17-18H2,1H3,(H,38,39)/t26-/m0/s1. The number of benzene rings is 2. The van der Waals surface area contributed by atoms with E-state index >= 15 is 4.39 Å². The molecular weight excluding hydrogens is 527 g/mol. The summed E-state index contributed by atoms with van der Waals surface area (Å²) in [5.74, 6) is 0.00486. The SMILES string of the molecule is Cc1ccccc1-c1noc(CN2CCC(COc3cc(F)c(C(=O)N4CCC[C@H]4C(=O)O)cc3C3CC3)CC2)n1. The molecule has 2 aliphatic heterocycles. The van der Waals surface area contributed by atoms with Gasteiger partial charge in [-0.25, -0.2) is 9.18 Å². The van der Waals surface area contributed by atoms with Crippen LogP contribution in [0.5, 0.6) is 5.75 Å². The quantitative estimate of drug-likeness (QED) is 0.386. The molecule has 216 valence electrons. The lowest BCUT2D eigenvalue weighted by molar-refractivity contribution is -0.141. The number of ether oxygens (including phenoxy) is 1. The van der Waals surface area contributed by atoms with Gasteiger partial charge in [-0.3, -0.25) is 9.69 Å². The van der Waals surface area contributed by atoms with Gasteiger partial charge in [-0.05, 0) is 87.6 Å². The summed E-state index contributed by atoms with van der Waals surface area (Å²) in [6.45, 7) is 5.16. The molecule has 1 aromatic heterocycles. The van der Waals surface area contributed by atoms with E-state index in [1.54, 1.807) is 6.07 Å². The number of carboxylic acid groups (broad SMARTS) is 1. The van der Waals surface area contributed by atoms with Gasteiger partial charge in [0.15, 0.2) is 0 Å². The summed E-state index contributed by atoms with van der Waals surface area (Å²) in [5, 5.41) is 13.6. The van der Waals surface area contributed by atoms with Crippen LogP contribution >= 0.6 is 0 Å². The minimum Gasteiger partial charge on any atom is -0.493 e. The lowest BCUT2D eigenvalue weighted by atomic mass is 9.97. The van der Waals surface area contributed by atoms with Gasteiger partial charge >= 0.3 is 5.97 Å². The number of carbonyl (C=O) groups is 2. The minimum atomic E-state index is -1.05. The van der Waals surface area contributed by atoms with E-state index < -0.39 is 23.7 Å². The van der Waals surface area contributed by atoms with E-state index in [9.17, 15) is 14.7 Å². The largest absolute Gasteiger partial charge is 0.493 e. The predicted octanol–water partition coefficient (Wildman–Crippen LogP) is 5.04. The molecule has 9 nitrogen and oxygen atoms in total. The Kier molecular flexibility index (Phi) is 7.75. The minimum absolute atomic E-state index is 0.0627. The molecule has 6 rings (SSSR count). The van der Waals surface area contributed by atoms with Crippen molar-refractivity contribution in [3.63, 3.8) is 0 Å². The Bertz CT molecular complexity index is 1430. The summed E-state index contributed by atoms with van der Waals surface area (Å²) < 4.78 is 26.9. The maximum absolute atomic E-state index is 15.2. The molecule has 10 heteroatoms. The average Bonchev–Trinajstić information content (AvgIpc) is 3.49. The lowest BCUT2D eigenvalue weighted by Crippen LogP contribution is -2.40. The lowest BCUT2D eigenvalue weighted by Gasteiger charge is -2.31. The van der Waals surface area contributed by atoms with Gasteiger partial charge in [0.1, 0.15) is 17.6 Å². The summed E-state index contributed by atoms with van der Waals surface area (Å²) in [6, 6.07) is 9.99. The Balaban J connectivity index is 1.05. The molecular formula is C31H35FN4O5. The van der Waals surface area contributed by atoms with Crippen molar-refractivity contribution in [3.05, 3.63) is 64.8 Å². The zero-order valence-corrected chi connectivity index (χ0v) is 23.2. The van der Waals surface area contributed by atoms with Gasteiger partial charge in [0.05, 0.1) is 18.7 Å². The smallest absolute Gasteiger partial charge is 0.326 e. The highest BCUT2D eigenvalue weighted by Crippen LogP contribution is 2.45. The molecule has 3 aliphatic rings. The number of nitrogens with zero attached hydrogens (tertiary/aromatic N) is 4. The summed E-state index contributed by atoms with van der Waals surface area (Å²) >= 11 is 0. The van der Waals surface area contributed by atoms with Crippen LogP contribution in [-0.2, 0) is 11.3 Å². The van der Waals surface area contributed by atoms with Gasteiger partial charge in [0.2, 0.25) is 11.7 Å². The van der Waals surface area contributed by atoms with Crippen LogP contribution in [0.1, 0.15) is 71.8 Å². The van der Waals surface area contributed by atoms with E-state index in [1.807, 2.05) is 31.2 Å². The first kappa shape index (κ1) is 27.4. The molecule has 1 amide bonds. The molecule has 0 radical (unpaired) electrons. The fourth-order valence-electron chi connectivity index (χ4n) is 5.96. The number of hydrogen-bond donors (Lipinski definition) is 1. The molecule has 0 bridgehead atoms. The topological polar surface area (TPSA) is 109 Å². The monoisotopic (exact) mass is 562 g/mol. The van der Waals surface area contributed by atoms with E-state index in [-0.39, 0.29) is 11.5 Å². The van der Waals surface area contributed by atoms with Crippen molar-refractivity contribution >= 4 is 11.9 Å². The van der Waals surface area contributed by atoms with Gasteiger partial charge in [-0.2, -0.15) is 4.98 Å². The zero-order valence-electron chi connectivity index (χ0n) is 23.2. The Morgan fingerprint density at radius 2 is 1.88 bits per heavy atom. The number of carbonyl (C=O) groups excluding carboxylic acids is 1. The number of amides is 1. The molecule has 1 N–H and O–H groups in total. The Morgan fingerprint density at radius 3 is 2.61 bits per heavy atom. The van der Waals surface area contributed by atoms with E-state index in [4.69, 9.17) is 9.26 Å². The van der Waals surface area contributed by atoms with Gasteiger partial charge in [0, 0.05) is 18.2 Å². The van der Waals surface area contributed by atoms with Crippen molar-refractivity contribution in [1.82, 2.24) is 19.9 Å². The number of carboxylic acids is 1. The van der Waals surface area contributed by atoms with Gasteiger partial charge in [-0.1, -0.05) is 29.4 Å². The number of rotatable bonds is 9. The van der Waals surface area contributed by atoms with E-state index in [1.165, 1.54) is 11.0 Å². The first-order valence-corrected chi connectivity index (χ1v) is 14.5. The molecule has 1 atom stereocenters. The number of aromatic nitrogens is 2. The van der Waals surface area contributed by atoms with Crippen molar-refractivity contribution in [2.24, 2.45) is 5.92 Å². The maximum Gasteiger partial charge on any atom is 0.326 e. The third-order valence-electron chi connectivity index (χ3n) is 8.54. The van der Waals surface area contributed by atoms with Crippen molar-refractivity contribution in [2.45, 2.75) is 64.0 Å². The van der Waals surface area contributed by atoms with Crippen molar-refractivity contribution in [2.75, 3.05) is 26.2 Å². The van der Waals surface area contributed by atoms with Gasteiger partial charge < -0.3 is 19.3 Å². The highest BCUT2D eigenvalue weighted by Gasteiger charge is 2.37. The first-order valence-electron chi connectivity index (χ1n) is 14.5. The molecule has 0 unspecified atom stereocenters. The molecule has 1 aliphatic carbocycles. The Labute approximate surface area is 238 Å². The highest BCUT2D eigenvalue weighted by molar-refractivity contribution is 5.97. The number of piperidine rings is 1. The van der Waals surface area contributed by atoms with Crippen LogP contribution in [0, 0.1) is 18.7 Å². The summed E-state index contributed by atoms with van der Waals surface area (Å²) in [4.78, 5) is 32.8. The fraction of sp³-hybridized carbons (Fsp3) is 0.484. The number of aliphatic carboxylic acids is 1. The van der Waals surface area contributed by atoms with Crippen LogP contribution in [0.3, 0.4) is 0 Å². The van der Waals surface area contributed by atoms with E-state index in [2.05, 4.69) is 15.0 Å². The second kappa shape index (κ2) is 11.6. The van der Waals surface area contributed by atoms with Crippen LogP contribution in [0.4, 0.5) is 4.39 Å². The third-order valence-corrected chi connectivity index (χ3v) is 8.54. The number of likely N-dealkylation sites (tertiary alicyclic amines) is 2. The van der Waals surface area contributed by atoms with Crippen molar-refractivity contribution in [3.8, 4) is 17.1 Å². The van der Waals surface area contributed by atoms with Gasteiger partial charge in [-0.15, -0.1) is 0 Å². The molecule has 41 heavy (non-hydrogen) atoms. The zero-order chi connectivity index (χ0) is 28.5. The Hall–Kier alpha value is -3.79. The second-order valence-electron chi connectivity index (χ2n) is 11.5. The second-order valence-corrected chi connectivity index (χ2v) is 11.5. The number of halogens is 1. The molecule has 1 saturated carbocycles. The highest BCUT2D eigenvalue weighted by atomic mass is 19.1. The molecule has 3 aromatic rings. The average molecular weight is 563 g/mol. The fourth-order valence-corrected chi connectivity index (χ4v) is 5.96. The molecule has 3 heterocycles. The normalized spacial score (nSPS) is 20.0. The summed E-state index contributed by atoms with van der Waals surface area (Å²) in [6.07, 6.45) is 4.79. The van der Waals surface area contributed by atoms with Gasteiger partial charge in [0.25, 0.3) is 5.91 Å². The maximum atomic E-state index is 15.2. The van der Waals surface area contributed by atoms with Crippen LogP contribution in [0.15, 0.2) is 40.9 Å². The molecule has 0 spiro atoms. The summed E-state index contributed by atoms with van der Waals surface area (Å²) in [5.41, 5.74) is 2.86. The number of hydrogen-bond acceptors (Lipinski definition) is 7. The van der Waals surface area contributed by atoms with Crippen LogP contribution < -0.4 is 4.74 Å². The molecule has 2 aromatic carbocycles. The van der Waals surface area contributed by atoms with Crippen molar-refractivity contribution < 1.29 is 28.3 Å².